The molecule has 0 amide bonds. The lowest BCUT2D eigenvalue weighted by molar-refractivity contribution is 0.0518. The van der Waals surface area contributed by atoms with Gasteiger partial charge in [-0.2, -0.15) is 5.10 Å². The van der Waals surface area contributed by atoms with Crippen LogP contribution >= 0.6 is 11.6 Å². The summed E-state index contributed by atoms with van der Waals surface area (Å²) in [7, 11) is 1.52. The second kappa shape index (κ2) is 8.93. The molecule has 126 valence electrons. The van der Waals surface area contributed by atoms with Crippen LogP contribution in [-0.4, -0.2) is 29.5 Å². The molecule has 0 saturated carbocycles. The Morgan fingerprint density at radius 3 is 2.79 bits per heavy atom. The van der Waals surface area contributed by atoms with E-state index in [1.54, 1.807) is 17.7 Å². The second-order valence-electron chi connectivity index (χ2n) is 4.84. The quantitative estimate of drug-likeness (QED) is 0.578. The van der Waals surface area contributed by atoms with E-state index in [-0.39, 0.29) is 12.3 Å². The Balaban J connectivity index is 2.36. The number of aromatic nitrogens is 2. The summed E-state index contributed by atoms with van der Waals surface area (Å²) in [6, 6.07) is 0. The van der Waals surface area contributed by atoms with Gasteiger partial charge in [-0.05, 0) is 18.6 Å². The Morgan fingerprint density at radius 2 is 2.04 bits per heavy atom. The first kappa shape index (κ1) is 17.8. The van der Waals surface area contributed by atoms with E-state index in [2.05, 4.69) is 5.10 Å². The smallest absolute Gasteiger partial charge is 0.359 e. The van der Waals surface area contributed by atoms with Crippen LogP contribution in [0.5, 0.6) is 0 Å². The predicted octanol–water partition coefficient (Wildman–Crippen LogP) is 3.94. The molecule has 0 unspecified atom stereocenters. The molecule has 0 saturated heterocycles. The van der Waals surface area contributed by atoms with Gasteiger partial charge in [-0.3, -0.25) is 0 Å². The fourth-order valence-corrected chi connectivity index (χ4v) is 2.33. The molecule has 0 radical (unpaired) electrons. The highest BCUT2D eigenvalue weighted by Gasteiger charge is 2.21. The number of nitrogens with zero attached hydrogens (tertiary/aromatic N) is 2. The van der Waals surface area contributed by atoms with Crippen LogP contribution in [0, 0.1) is 0 Å². The number of hydrogen-bond acceptors (Lipinski definition) is 4. The van der Waals surface area contributed by atoms with E-state index < -0.39 is 5.97 Å². The van der Waals surface area contributed by atoms with E-state index in [4.69, 9.17) is 21.1 Å². The number of carbonyl (C=O) groups excluding carboxylic acids is 1. The highest BCUT2D eigenvalue weighted by atomic mass is 35.5. The van der Waals surface area contributed by atoms with Crippen LogP contribution in [0.25, 0.3) is 6.08 Å². The summed E-state index contributed by atoms with van der Waals surface area (Å²) in [5.41, 5.74) is 1.64. The van der Waals surface area contributed by atoms with Gasteiger partial charge >= 0.3 is 5.97 Å². The maximum atomic E-state index is 12.1. The van der Waals surface area contributed by atoms with Gasteiger partial charge in [-0.15, -0.1) is 0 Å². The standard InChI is InChI=1S/C18H19ClN2O3/c1-3-24-18(22)16-15(11-12-23-2)17(19)21(20-16)13-14-9-7-5-4-6-8-10-14/h4-12H,3,13H2,1-2H3/b5-4-,6-4?,7-5?,8-6-,9-7-,10-8?,12-11+,14-9?,14-10+. The van der Waals surface area contributed by atoms with Crippen molar-refractivity contribution in [1.82, 2.24) is 9.78 Å². The van der Waals surface area contributed by atoms with Gasteiger partial charge in [-0.1, -0.05) is 54.1 Å². The zero-order chi connectivity index (χ0) is 17.4. The number of rotatable bonds is 6. The minimum Gasteiger partial charge on any atom is -0.504 e. The molecular weight excluding hydrogens is 328 g/mol. The summed E-state index contributed by atoms with van der Waals surface area (Å²) in [4.78, 5) is 12.1. The summed E-state index contributed by atoms with van der Waals surface area (Å²) in [6.45, 7) is 2.44. The first-order chi connectivity index (χ1) is 11.7. The maximum Gasteiger partial charge on any atom is 0.359 e. The van der Waals surface area contributed by atoms with E-state index >= 15 is 0 Å². The third-order valence-electron chi connectivity index (χ3n) is 3.16. The van der Waals surface area contributed by atoms with Gasteiger partial charge in [-0.25, -0.2) is 9.48 Å². The lowest BCUT2D eigenvalue weighted by Crippen LogP contribution is -2.08. The van der Waals surface area contributed by atoms with E-state index in [9.17, 15) is 4.79 Å². The number of methoxy groups -OCH3 is 1. The van der Waals surface area contributed by atoms with Gasteiger partial charge < -0.3 is 9.47 Å². The van der Waals surface area contributed by atoms with Crippen LogP contribution in [-0.2, 0) is 16.0 Å². The minimum absolute atomic E-state index is 0.168. The highest BCUT2D eigenvalue weighted by molar-refractivity contribution is 6.31. The Kier molecular flexibility index (Phi) is 6.63. The number of hydrogen-bond donors (Lipinski definition) is 0. The number of halogens is 1. The predicted molar refractivity (Wildman–Crippen MR) is 94.7 cm³/mol. The highest BCUT2D eigenvalue weighted by Crippen LogP contribution is 2.24. The fraction of sp³-hybridized carbons (Fsp3) is 0.222. The number of allylic oxidation sites excluding steroid dienone is 8. The molecule has 0 aliphatic heterocycles. The third-order valence-corrected chi connectivity index (χ3v) is 3.56. The normalized spacial score (nSPS) is 19.9. The van der Waals surface area contributed by atoms with Gasteiger partial charge in [0.05, 0.1) is 26.5 Å². The molecular formula is C18H19ClN2O3. The monoisotopic (exact) mass is 346 g/mol. The minimum atomic E-state index is -0.515. The van der Waals surface area contributed by atoms with Gasteiger partial charge in [0.25, 0.3) is 0 Å². The van der Waals surface area contributed by atoms with Crippen molar-refractivity contribution in [2.24, 2.45) is 0 Å². The Bertz CT molecular complexity index is 740. The molecule has 0 aromatic carbocycles. The maximum absolute atomic E-state index is 12.1. The lowest BCUT2D eigenvalue weighted by Gasteiger charge is -2.04. The van der Waals surface area contributed by atoms with Crippen LogP contribution in [0.1, 0.15) is 23.0 Å². The van der Waals surface area contributed by atoms with Gasteiger partial charge in [0, 0.05) is 5.56 Å². The summed E-state index contributed by atoms with van der Waals surface area (Å²) in [5, 5.41) is 4.67. The first-order valence-corrected chi connectivity index (χ1v) is 7.88. The average molecular weight is 347 g/mol. The SMILES string of the molecule is CCOC(=O)c1nn(CC2=C/C=C\C=C/C=C\2)c(Cl)c1/C=C/OC. The topological polar surface area (TPSA) is 53.3 Å². The van der Waals surface area contributed by atoms with Gasteiger partial charge in [0.1, 0.15) is 5.15 Å². The molecule has 0 bridgehead atoms. The van der Waals surface area contributed by atoms with E-state index in [1.165, 1.54) is 13.4 Å². The number of ether oxygens (including phenoxy) is 2. The largest absolute Gasteiger partial charge is 0.504 e. The average Bonchev–Trinajstić information content (AvgIpc) is 2.84. The molecule has 0 atom stereocenters. The number of carbonyl (C=O) groups is 1. The van der Waals surface area contributed by atoms with Crippen molar-refractivity contribution in [3.05, 3.63) is 70.8 Å². The molecule has 2 rings (SSSR count). The van der Waals surface area contributed by atoms with Crippen LogP contribution in [0.15, 0.2) is 54.4 Å². The van der Waals surface area contributed by atoms with Crippen molar-refractivity contribution in [3.8, 4) is 0 Å². The van der Waals surface area contributed by atoms with E-state index in [0.29, 0.717) is 17.3 Å². The van der Waals surface area contributed by atoms with Crippen molar-refractivity contribution in [1.29, 1.82) is 0 Å². The summed E-state index contributed by atoms with van der Waals surface area (Å²) >= 11 is 6.40. The van der Waals surface area contributed by atoms with Crippen LogP contribution < -0.4 is 0 Å². The van der Waals surface area contributed by atoms with E-state index in [0.717, 1.165) is 5.57 Å². The Hall–Kier alpha value is -2.53. The molecule has 1 aromatic heterocycles. The molecule has 0 spiro atoms. The van der Waals surface area contributed by atoms with Crippen molar-refractivity contribution in [3.63, 3.8) is 0 Å². The van der Waals surface area contributed by atoms with Crippen molar-refractivity contribution < 1.29 is 14.3 Å². The van der Waals surface area contributed by atoms with Crippen LogP contribution in [0.4, 0.5) is 0 Å². The molecule has 5 nitrogen and oxygen atoms in total. The Morgan fingerprint density at radius 1 is 1.29 bits per heavy atom. The Labute approximate surface area is 146 Å². The van der Waals surface area contributed by atoms with Gasteiger partial charge in [0.2, 0.25) is 0 Å². The van der Waals surface area contributed by atoms with Crippen molar-refractivity contribution >= 4 is 23.6 Å². The number of esters is 1. The summed E-state index contributed by atoms with van der Waals surface area (Å²) < 4.78 is 11.5. The third kappa shape index (κ3) is 4.49. The van der Waals surface area contributed by atoms with Crippen molar-refractivity contribution in [2.75, 3.05) is 13.7 Å². The molecule has 24 heavy (non-hydrogen) atoms. The molecule has 0 fully saturated rings. The molecule has 6 heteroatoms. The van der Waals surface area contributed by atoms with Crippen LogP contribution in [0.3, 0.4) is 0 Å². The molecule has 1 aromatic rings. The van der Waals surface area contributed by atoms with Crippen LogP contribution in [0.2, 0.25) is 5.15 Å². The van der Waals surface area contributed by atoms with Crippen molar-refractivity contribution in [2.45, 2.75) is 13.5 Å². The zero-order valence-corrected chi connectivity index (χ0v) is 14.4. The lowest BCUT2D eigenvalue weighted by atomic mass is 10.2. The van der Waals surface area contributed by atoms with Gasteiger partial charge in [0.15, 0.2) is 5.69 Å². The molecule has 0 N–H and O–H groups in total. The summed E-state index contributed by atoms with van der Waals surface area (Å²) in [5.74, 6) is -0.515. The summed E-state index contributed by atoms with van der Waals surface area (Å²) in [6.07, 6.45) is 16.7. The molecule has 1 aliphatic rings. The zero-order valence-electron chi connectivity index (χ0n) is 13.6. The van der Waals surface area contributed by atoms with E-state index in [1.807, 2.05) is 42.5 Å². The fourth-order valence-electron chi connectivity index (χ4n) is 2.08. The molecule has 1 heterocycles. The molecule has 1 aliphatic carbocycles. The second-order valence-corrected chi connectivity index (χ2v) is 5.20. The first-order valence-electron chi connectivity index (χ1n) is 7.50.